The summed E-state index contributed by atoms with van der Waals surface area (Å²) in [6.07, 6.45) is 3.90. The van der Waals surface area contributed by atoms with E-state index in [1.165, 1.54) is 0 Å². The van der Waals surface area contributed by atoms with Crippen LogP contribution in [-0.4, -0.2) is 43.0 Å². The van der Waals surface area contributed by atoms with E-state index in [2.05, 4.69) is 27.2 Å². The van der Waals surface area contributed by atoms with Crippen LogP contribution in [0.25, 0.3) is 11.2 Å². The predicted octanol–water partition coefficient (Wildman–Crippen LogP) is 3.36. The van der Waals surface area contributed by atoms with E-state index in [9.17, 15) is 31.9 Å². The number of fused-ring (bicyclic) bond motifs is 1. The van der Waals surface area contributed by atoms with Crippen LogP contribution in [0, 0.1) is 23.3 Å². The summed E-state index contributed by atoms with van der Waals surface area (Å²) in [4.78, 5) is 45.1. The second-order valence-electron chi connectivity index (χ2n) is 9.39. The van der Waals surface area contributed by atoms with E-state index in [0.717, 1.165) is 37.2 Å². The average molecular weight is 607 g/mol. The summed E-state index contributed by atoms with van der Waals surface area (Å²) >= 11 is 0. The molecule has 0 fully saturated rings. The van der Waals surface area contributed by atoms with Gasteiger partial charge < -0.3 is 32.2 Å². The third-order valence-electron chi connectivity index (χ3n) is 6.24. The van der Waals surface area contributed by atoms with E-state index in [4.69, 9.17) is 22.3 Å². The van der Waals surface area contributed by atoms with Crippen LogP contribution in [0.2, 0.25) is 0 Å². The van der Waals surface area contributed by atoms with Crippen LogP contribution in [0.15, 0.2) is 29.1 Å². The molecule has 230 valence electrons. The molecule has 2 heterocycles. The number of rotatable bonds is 10. The number of nitrogens with two attached hydrogens (primary N) is 3. The van der Waals surface area contributed by atoms with Gasteiger partial charge in [0.05, 0.1) is 5.56 Å². The smallest absolute Gasteiger partial charge is 0.348 e. The molecule has 2 aromatic heterocycles. The number of amides is 1. The van der Waals surface area contributed by atoms with Gasteiger partial charge in [-0.1, -0.05) is 13.3 Å². The van der Waals surface area contributed by atoms with Crippen molar-refractivity contribution in [2.75, 3.05) is 23.7 Å². The Morgan fingerprint density at radius 1 is 0.907 bits per heavy atom. The van der Waals surface area contributed by atoms with Gasteiger partial charge >= 0.3 is 11.7 Å². The lowest BCUT2D eigenvalue weighted by Crippen LogP contribution is -2.25. The number of imidazole rings is 1. The van der Waals surface area contributed by atoms with E-state index in [0.29, 0.717) is 49.2 Å². The van der Waals surface area contributed by atoms with E-state index in [-0.39, 0.29) is 11.4 Å². The Hall–Kier alpha value is -5.15. The van der Waals surface area contributed by atoms with Gasteiger partial charge in [-0.05, 0) is 43.5 Å². The first-order valence-corrected chi connectivity index (χ1v) is 13.1. The molecule has 16 heteroatoms. The zero-order chi connectivity index (χ0) is 31.8. The molecule has 4 rings (SSSR count). The van der Waals surface area contributed by atoms with Crippen LogP contribution in [-0.2, 0) is 13.0 Å². The van der Waals surface area contributed by atoms with Crippen molar-refractivity contribution in [2.45, 2.75) is 45.6 Å². The van der Waals surface area contributed by atoms with Gasteiger partial charge in [-0.25, -0.2) is 32.1 Å². The van der Waals surface area contributed by atoms with Crippen LogP contribution < -0.4 is 28.2 Å². The number of aromatic amines is 1. The maximum atomic E-state index is 13.5. The summed E-state index contributed by atoms with van der Waals surface area (Å²) < 4.78 is 54.1. The molecule has 0 atom stereocenters. The molecule has 12 nitrogen and oxygen atoms in total. The predicted molar refractivity (Wildman–Crippen MR) is 151 cm³/mol. The quantitative estimate of drug-likeness (QED) is 0.0887. The summed E-state index contributed by atoms with van der Waals surface area (Å²) in [7, 11) is 0. The normalized spacial score (nSPS) is 10.8. The third kappa shape index (κ3) is 7.99. The SMILES string of the molecule is CCCCc1nc2c(N)[nH]c(=O)nc2n1CCCCNC(=O)c1cc(F)c(N)c(F)c1.Nc1c(F)cc(C(=O)O)cc1F. The number of nitrogens with zero attached hydrogens (tertiary/aromatic N) is 3. The number of carbonyl (C=O) groups excluding carboxylic acids is 1. The van der Waals surface area contributed by atoms with E-state index in [1.54, 1.807) is 0 Å². The third-order valence-corrected chi connectivity index (χ3v) is 6.24. The number of carboxylic acid groups (broad SMARTS) is 1. The molecule has 4 aromatic rings. The Labute approximate surface area is 241 Å². The van der Waals surface area contributed by atoms with Crippen LogP contribution >= 0.6 is 0 Å². The maximum absolute atomic E-state index is 13.5. The van der Waals surface area contributed by atoms with Gasteiger partial charge in [0.25, 0.3) is 5.91 Å². The van der Waals surface area contributed by atoms with Gasteiger partial charge in [-0.3, -0.25) is 9.78 Å². The first-order valence-electron chi connectivity index (χ1n) is 13.1. The summed E-state index contributed by atoms with van der Waals surface area (Å²) in [6, 6.07) is 3.14. The highest BCUT2D eigenvalue weighted by atomic mass is 19.1. The highest BCUT2D eigenvalue weighted by Gasteiger charge is 2.16. The number of nitrogens with one attached hydrogen (secondary N) is 2. The molecule has 0 spiro atoms. The van der Waals surface area contributed by atoms with E-state index in [1.807, 2.05) is 4.57 Å². The second-order valence-corrected chi connectivity index (χ2v) is 9.39. The zero-order valence-corrected chi connectivity index (χ0v) is 23.0. The molecule has 9 N–H and O–H groups in total. The number of benzene rings is 2. The Morgan fingerprint density at radius 2 is 1.47 bits per heavy atom. The molecule has 2 aromatic carbocycles. The van der Waals surface area contributed by atoms with Gasteiger partial charge in [0.15, 0.2) is 5.65 Å². The molecule has 0 unspecified atom stereocenters. The van der Waals surface area contributed by atoms with Crippen molar-refractivity contribution in [3.63, 3.8) is 0 Å². The molecule has 0 saturated carbocycles. The van der Waals surface area contributed by atoms with Crippen molar-refractivity contribution in [1.29, 1.82) is 0 Å². The fraction of sp³-hybridized carbons (Fsp3) is 0.296. The fourth-order valence-electron chi connectivity index (χ4n) is 3.96. The standard InChI is InChI=1S/C20H25F2N7O2.C7H5F2NO2/c1-2-3-6-14-26-16-17(24)27-20(31)28-18(16)29(14)8-5-4-7-25-19(30)11-9-12(21)15(23)13(22)10-11;8-4-1-3(7(11)12)2-5(9)6(4)10/h9-10H,2-8,23H2,1H3,(H,25,30)(H3,24,27,28,31);1-2H,10H2,(H,11,12). The van der Waals surface area contributed by atoms with Gasteiger partial charge in [-0.15, -0.1) is 0 Å². The average Bonchev–Trinajstić information content (AvgIpc) is 3.30. The van der Waals surface area contributed by atoms with Crippen molar-refractivity contribution >= 4 is 40.2 Å². The Morgan fingerprint density at radius 3 is 2.00 bits per heavy atom. The molecule has 0 aliphatic rings. The summed E-state index contributed by atoms with van der Waals surface area (Å²) in [6.45, 7) is 2.91. The summed E-state index contributed by atoms with van der Waals surface area (Å²) in [5.41, 5.74) is 14.5. The minimum absolute atomic E-state index is 0.134. The lowest BCUT2D eigenvalue weighted by atomic mass is 10.1. The topological polar surface area (TPSA) is 208 Å². The number of hydrogen-bond acceptors (Lipinski definition) is 8. The first-order chi connectivity index (χ1) is 20.3. The van der Waals surface area contributed by atoms with Crippen LogP contribution in [0.4, 0.5) is 34.8 Å². The number of carboxylic acids is 1. The number of nitrogen functional groups attached to an aromatic ring is 3. The number of aromatic carboxylic acids is 1. The Bertz CT molecular complexity index is 1660. The number of H-pyrrole nitrogens is 1. The Kier molecular flexibility index (Phi) is 10.7. The number of carbonyl (C=O) groups is 2. The van der Waals surface area contributed by atoms with Gasteiger partial charge in [-0.2, -0.15) is 4.98 Å². The highest BCUT2D eigenvalue weighted by molar-refractivity contribution is 5.94. The summed E-state index contributed by atoms with van der Waals surface area (Å²) in [5, 5.41) is 11.0. The van der Waals surface area contributed by atoms with Crippen molar-refractivity contribution in [3.05, 3.63) is 75.0 Å². The minimum atomic E-state index is -1.40. The maximum Gasteiger partial charge on any atom is 0.348 e. The van der Waals surface area contributed by atoms with Gasteiger partial charge in [0.2, 0.25) is 0 Å². The minimum Gasteiger partial charge on any atom is -0.478 e. The van der Waals surface area contributed by atoms with E-state index < -0.39 is 57.8 Å². The fourth-order valence-corrected chi connectivity index (χ4v) is 3.96. The van der Waals surface area contributed by atoms with Crippen LogP contribution in [0.1, 0.15) is 59.1 Å². The number of aryl methyl sites for hydroxylation is 2. The van der Waals surface area contributed by atoms with Crippen molar-refractivity contribution in [1.82, 2.24) is 24.8 Å². The number of unbranched alkanes of at least 4 members (excludes halogenated alkanes) is 2. The lowest BCUT2D eigenvalue weighted by molar-refractivity contribution is 0.0695. The van der Waals surface area contributed by atoms with Crippen molar-refractivity contribution in [3.8, 4) is 0 Å². The van der Waals surface area contributed by atoms with Crippen molar-refractivity contribution in [2.24, 2.45) is 0 Å². The number of aromatic nitrogens is 4. The summed E-state index contributed by atoms with van der Waals surface area (Å²) in [5.74, 6) is -5.08. The Balaban J connectivity index is 0.000000353. The van der Waals surface area contributed by atoms with E-state index >= 15 is 0 Å². The second kappa shape index (κ2) is 14.2. The zero-order valence-electron chi connectivity index (χ0n) is 23.0. The van der Waals surface area contributed by atoms with Crippen LogP contribution in [0.3, 0.4) is 0 Å². The molecule has 1 amide bonds. The highest BCUT2D eigenvalue weighted by Crippen LogP contribution is 2.20. The molecular formula is C27H30F4N8O4. The van der Waals surface area contributed by atoms with Crippen molar-refractivity contribution < 1.29 is 32.3 Å². The molecule has 0 bridgehead atoms. The number of halogens is 4. The largest absolute Gasteiger partial charge is 0.478 e. The molecular weight excluding hydrogens is 576 g/mol. The van der Waals surface area contributed by atoms with Gasteiger partial charge in [0, 0.05) is 25.1 Å². The molecule has 43 heavy (non-hydrogen) atoms. The molecule has 0 aliphatic carbocycles. The van der Waals surface area contributed by atoms with Gasteiger partial charge in [0.1, 0.15) is 51.8 Å². The first kappa shape index (κ1) is 32.4. The lowest BCUT2D eigenvalue weighted by Gasteiger charge is -2.09. The molecule has 0 aliphatic heterocycles. The molecule has 0 saturated heterocycles. The number of anilines is 3. The number of hydrogen-bond donors (Lipinski definition) is 6. The monoisotopic (exact) mass is 606 g/mol. The molecule has 0 radical (unpaired) electrons. The van der Waals surface area contributed by atoms with Crippen LogP contribution in [0.5, 0.6) is 0 Å².